The molecule has 0 amide bonds. The molecule has 1 aliphatic carbocycles. The zero-order valence-corrected chi connectivity index (χ0v) is 10.5. The van der Waals surface area contributed by atoms with E-state index in [1.807, 2.05) is 30.6 Å². The molecule has 1 aromatic carbocycles. The van der Waals surface area contributed by atoms with Crippen LogP contribution in [-0.2, 0) is 6.54 Å². The Bertz CT molecular complexity index is 531. The van der Waals surface area contributed by atoms with Crippen LogP contribution in [0.15, 0.2) is 36.7 Å². The van der Waals surface area contributed by atoms with Gasteiger partial charge in [0.1, 0.15) is 5.75 Å². The van der Waals surface area contributed by atoms with E-state index in [-0.39, 0.29) is 0 Å². The fraction of sp³-hybridized carbons (Fsp3) is 0.357. The van der Waals surface area contributed by atoms with Gasteiger partial charge in [0.15, 0.2) is 0 Å². The van der Waals surface area contributed by atoms with Gasteiger partial charge in [-0.1, -0.05) is 12.1 Å². The molecule has 1 N–H and O–H groups in total. The van der Waals surface area contributed by atoms with Crippen LogP contribution >= 0.6 is 0 Å². The van der Waals surface area contributed by atoms with E-state index >= 15 is 0 Å². The lowest BCUT2D eigenvalue weighted by Gasteiger charge is -2.09. The minimum absolute atomic E-state index is 0.653. The first kappa shape index (κ1) is 11.1. The number of methoxy groups -OCH3 is 1. The number of aromatic nitrogens is 2. The van der Waals surface area contributed by atoms with Crippen molar-refractivity contribution in [1.82, 2.24) is 9.55 Å². The third-order valence-electron chi connectivity index (χ3n) is 3.19. The smallest absolute Gasteiger partial charge is 0.203 e. The fourth-order valence-electron chi connectivity index (χ4n) is 2.06. The van der Waals surface area contributed by atoms with Gasteiger partial charge in [-0.2, -0.15) is 0 Å². The van der Waals surface area contributed by atoms with Crippen molar-refractivity contribution in [3.63, 3.8) is 0 Å². The van der Waals surface area contributed by atoms with Crippen LogP contribution in [0.1, 0.15) is 24.4 Å². The van der Waals surface area contributed by atoms with Gasteiger partial charge in [0, 0.05) is 25.0 Å². The van der Waals surface area contributed by atoms with Crippen LogP contribution in [0.3, 0.4) is 0 Å². The van der Waals surface area contributed by atoms with Gasteiger partial charge in [0.2, 0.25) is 5.95 Å². The largest absolute Gasteiger partial charge is 0.497 e. The zero-order valence-electron chi connectivity index (χ0n) is 10.5. The third kappa shape index (κ3) is 2.32. The summed E-state index contributed by atoms with van der Waals surface area (Å²) in [6, 6.07) is 8.73. The SMILES string of the molecule is COc1cccc(CNc2nccn2C2CC2)c1. The lowest BCUT2D eigenvalue weighted by Crippen LogP contribution is -2.06. The van der Waals surface area contributed by atoms with Gasteiger partial charge >= 0.3 is 0 Å². The monoisotopic (exact) mass is 243 g/mol. The van der Waals surface area contributed by atoms with Crippen molar-refractivity contribution in [3.8, 4) is 5.75 Å². The number of rotatable bonds is 5. The number of benzene rings is 1. The second-order valence-electron chi connectivity index (χ2n) is 4.59. The molecule has 0 unspecified atom stereocenters. The molecule has 94 valence electrons. The van der Waals surface area contributed by atoms with Gasteiger partial charge < -0.3 is 14.6 Å². The summed E-state index contributed by atoms with van der Waals surface area (Å²) in [5, 5.41) is 3.38. The van der Waals surface area contributed by atoms with E-state index in [0.717, 1.165) is 18.2 Å². The van der Waals surface area contributed by atoms with Crippen molar-refractivity contribution >= 4 is 5.95 Å². The second kappa shape index (κ2) is 4.72. The Morgan fingerprint density at radius 2 is 2.33 bits per heavy atom. The average Bonchev–Trinajstić information content (AvgIpc) is 3.15. The van der Waals surface area contributed by atoms with Crippen LogP contribution < -0.4 is 10.1 Å². The quantitative estimate of drug-likeness (QED) is 0.877. The molecule has 1 aliphatic rings. The fourth-order valence-corrected chi connectivity index (χ4v) is 2.06. The van der Waals surface area contributed by atoms with Crippen LogP contribution in [0, 0.1) is 0 Å². The van der Waals surface area contributed by atoms with Gasteiger partial charge in [-0.15, -0.1) is 0 Å². The van der Waals surface area contributed by atoms with Crippen molar-refractivity contribution in [1.29, 1.82) is 0 Å². The molecule has 4 heteroatoms. The van der Waals surface area contributed by atoms with Crippen molar-refractivity contribution in [2.75, 3.05) is 12.4 Å². The van der Waals surface area contributed by atoms with Crippen LogP contribution in [0.4, 0.5) is 5.95 Å². The molecule has 18 heavy (non-hydrogen) atoms. The minimum Gasteiger partial charge on any atom is -0.497 e. The van der Waals surface area contributed by atoms with Crippen molar-refractivity contribution in [2.45, 2.75) is 25.4 Å². The molecule has 0 bridgehead atoms. The Kier molecular flexibility index (Phi) is 2.92. The summed E-state index contributed by atoms with van der Waals surface area (Å²) < 4.78 is 7.44. The Labute approximate surface area is 107 Å². The van der Waals surface area contributed by atoms with E-state index in [2.05, 4.69) is 20.9 Å². The van der Waals surface area contributed by atoms with Crippen molar-refractivity contribution in [3.05, 3.63) is 42.2 Å². The molecular weight excluding hydrogens is 226 g/mol. The normalized spacial score (nSPS) is 14.5. The van der Waals surface area contributed by atoms with Crippen molar-refractivity contribution < 1.29 is 4.74 Å². The van der Waals surface area contributed by atoms with E-state index in [0.29, 0.717) is 6.04 Å². The Morgan fingerprint density at radius 1 is 1.44 bits per heavy atom. The molecule has 0 saturated heterocycles. The molecule has 0 atom stereocenters. The summed E-state index contributed by atoms with van der Waals surface area (Å²) in [5.41, 5.74) is 1.19. The molecular formula is C14H17N3O. The maximum Gasteiger partial charge on any atom is 0.203 e. The highest BCUT2D eigenvalue weighted by atomic mass is 16.5. The molecule has 0 spiro atoms. The van der Waals surface area contributed by atoms with Crippen LogP contribution in [-0.4, -0.2) is 16.7 Å². The molecule has 1 saturated carbocycles. The molecule has 1 aromatic heterocycles. The van der Waals surface area contributed by atoms with E-state index in [1.54, 1.807) is 7.11 Å². The lowest BCUT2D eigenvalue weighted by atomic mass is 10.2. The van der Waals surface area contributed by atoms with Crippen molar-refractivity contribution in [2.24, 2.45) is 0 Å². The first-order valence-electron chi connectivity index (χ1n) is 6.26. The minimum atomic E-state index is 0.653. The number of hydrogen-bond acceptors (Lipinski definition) is 3. The molecule has 0 aliphatic heterocycles. The van der Waals surface area contributed by atoms with Gasteiger partial charge in [0.05, 0.1) is 7.11 Å². The molecule has 3 rings (SSSR count). The third-order valence-corrected chi connectivity index (χ3v) is 3.19. The van der Waals surface area contributed by atoms with Crippen LogP contribution in [0.5, 0.6) is 5.75 Å². The molecule has 4 nitrogen and oxygen atoms in total. The highest BCUT2D eigenvalue weighted by Crippen LogP contribution is 2.36. The first-order valence-corrected chi connectivity index (χ1v) is 6.26. The van der Waals surface area contributed by atoms with Gasteiger partial charge in [-0.3, -0.25) is 0 Å². The Morgan fingerprint density at radius 3 is 3.11 bits per heavy atom. The summed E-state index contributed by atoms with van der Waals surface area (Å²) >= 11 is 0. The number of ether oxygens (including phenoxy) is 1. The van der Waals surface area contributed by atoms with Crippen LogP contribution in [0.2, 0.25) is 0 Å². The first-order chi connectivity index (χ1) is 8.86. The molecule has 0 radical (unpaired) electrons. The number of imidazole rings is 1. The van der Waals surface area contributed by atoms with Gasteiger partial charge in [0.25, 0.3) is 0 Å². The van der Waals surface area contributed by atoms with E-state index in [9.17, 15) is 0 Å². The number of hydrogen-bond donors (Lipinski definition) is 1. The maximum atomic E-state index is 5.22. The lowest BCUT2D eigenvalue weighted by molar-refractivity contribution is 0.414. The number of nitrogens with zero attached hydrogens (tertiary/aromatic N) is 2. The summed E-state index contributed by atoms with van der Waals surface area (Å²) in [6.45, 7) is 0.765. The van der Waals surface area contributed by atoms with Gasteiger partial charge in [-0.05, 0) is 30.5 Å². The predicted molar refractivity (Wildman–Crippen MR) is 70.8 cm³/mol. The molecule has 1 heterocycles. The maximum absolute atomic E-state index is 5.22. The zero-order chi connectivity index (χ0) is 12.4. The van der Waals surface area contributed by atoms with E-state index in [1.165, 1.54) is 18.4 Å². The summed E-state index contributed by atoms with van der Waals surface area (Å²) in [4.78, 5) is 4.36. The molecule has 1 fully saturated rings. The van der Waals surface area contributed by atoms with E-state index in [4.69, 9.17) is 4.74 Å². The number of nitrogens with one attached hydrogen (secondary N) is 1. The summed E-state index contributed by atoms with van der Waals surface area (Å²) in [5.74, 6) is 1.85. The topological polar surface area (TPSA) is 39.1 Å². The Hall–Kier alpha value is -1.97. The Balaban J connectivity index is 1.67. The molecule has 2 aromatic rings. The predicted octanol–water partition coefficient (Wildman–Crippen LogP) is 2.84. The standard InChI is InChI=1S/C14H17N3O/c1-18-13-4-2-3-11(9-13)10-16-14-15-7-8-17(14)12-5-6-12/h2-4,7-9,12H,5-6,10H2,1H3,(H,15,16). The highest BCUT2D eigenvalue weighted by molar-refractivity contribution is 5.33. The van der Waals surface area contributed by atoms with Gasteiger partial charge in [-0.25, -0.2) is 4.98 Å². The average molecular weight is 243 g/mol. The number of anilines is 1. The second-order valence-corrected chi connectivity index (χ2v) is 4.59. The summed E-state index contributed by atoms with van der Waals surface area (Å²) in [7, 11) is 1.69. The van der Waals surface area contributed by atoms with E-state index < -0.39 is 0 Å². The van der Waals surface area contributed by atoms with Crippen LogP contribution in [0.25, 0.3) is 0 Å². The highest BCUT2D eigenvalue weighted by Gasteiger charge is 2.25. The summed E-state index contributed by atoms with van der Waals surface area (Å²) in [6.07, 6.45) is 6.44.